The number of likely N-dealkylation sites (N-methyl/N-ethyl adjacent to an activating group) is 7. The first-order valence-corrected chi connectivity index (χ1v) is 32.4. The Morgan fingerprint density at radius 3 is 1.70 bits per heavy atom. The van der Waals surface area contributed by atoms with Crippen molar-refractivity contribution in [2.24, 2.45) is 23.7 Å². The Bertz CT molecular complexity index is 2710. The average Bonchev–Trinajstić information content (AvgIpc) is 0.847. The Hall–Kier alpha value is -6.58. The zero-order chi connectivity index (χ0) is 70.7. The lowest BCUT2D eigenvalue weighted by atomic mass is 9.83. The molecule has 0 aromatic heterocycles. The third-order valence-corrected chi connectivity index (χ3v) is 17.4. The average molecular weight is 1330 g/mol. The van der Waals surface area contributed by atoms with Crippen molar-refractivity contribution in [2.75, 3.05) is 69.0 Å². The predicted molar refractivity (Wildman–Crippen MR) is 338 cm³/mol. The number of nitrogens with zero attached hydrogens (tertiary/aromatic N) is 7. The lowest BCUT2D eigenvalue weighted by Gasteiger charge is -2.38. The molecule has 3 rings (SSSR count). The number of aliphatic hydroxyl groups excluding tert-OH is 1. The van der Waals surface area contributed by atoms with E-state index in [1.165, 1.54) is 82.8 Å². The molecule has 1 aromatic carbocycles. The van der Waals surface area contributed by atoms with Crippen LogP contribution in [0, 0.1) is 29.5 Å². The van der Waals surface area contributed by atoms with E-state index in [0.717, 1.165) is 40.0 Å². The van der Waals surface area contributed by atoms with E-state index in [1.54, 1.807) is 20.8 Å². The molecule has 8 atom stereocenters. The third kappa shape index (κ3) is 24.6. The number of amides is 10. The van der Waals surface area contributed by atoms with Gasteiger partial charge in [-0.15, -0.1) is 0 Å². The number of aliphatic hydroxyl groups is 1. The highest BCUT2D eigenvalue weighted by Crippen LogP contribution is 2.33. The molecule has 1 saturated heterocycles. The molecule has 0 bridgehead atoms. The van der Waals surface area contributed by atoms with Crippen LogP contribution in [0.5, 0.6) is 0 Å². The summed E-state index contributed by atoms with van der Waals surface area (Å²) in [6.07, 6.45) is -6.97. The molecule has 1 aromatic rings. The van der Waals surface area contributed by atoms with Gasteiger partial charge in [0.2, 0.25) is 65.5 Å². The van der Waals surface area contributed by atoms with Gasteiger partial charge < -0.3 is 55.8 Å². The SMILES string of the molecule is CC(C)C[C@H]1C(=O)N[C@@H](C2CCCCC2)C(=O)N(C)CC(O)N(C)CC(=O)N(C)[C@@H](CCCCC(F)F)C(=O)N(C)CC(=O)N[C@@H](CCc2ccc(C(F)(F)F)c(F)c2)C(=O)N(C)[C@@H](CC(C)C)C(=O)NC(C)(C)C(=O)N(C)[C@@H](CC(C)C)C(=O)N[C@H](C)CC(=O)N1C. The van der Waals surface area contributed by atoms with Gasteiger partial charge in [-0.1, -0.05) is 73.3 Å². The minimum absolute atomic E-state index is 0.00188. The van der Waals surface area contributed by atoms with Crippen molar-refractivity contribution in [1.29, 1.82) is 0 Å². The van der Waals surface area contributed by atoms with Crippen LogP contribution in [0.25, 0.3) is 0 Å². The van der Waals surface area contributed by atoms with Crippen molar-refractivity contribution in [1.82, 2.24) is 55.6 Å². The number of alkyl halides is 5. The van der Waals surface area contributed by atoms with Crippen LogP contribution in [0.15, 0.2) is 18.2 Å². The third-order valence-electron chi connectivity index (χ3n) is 17.4. The van der Waals surface area contributed by atoms with Crippen LogP contribution in [0.2, 0.25) is 0 Å². The summed E-state index contributed by atoms with van der Waals surface area (Å²) >= 11 is 0. The van der Waals surface area contributed by atoms with Crippen molar-refractivity contribution >= 4 is 59.1 Å². The second-order valence-corrected chi connectivity index (χ2v) is 27.4. The Morgan fingerprint density at radius 1 is 0.624 bits per heavy atom. The van der Waals surface area contributed by atoms with Crippen LogP contribution in [0.3, 0.4) is 0 Å². The number of benzene rings is 1. The van der Waals surface area contributed by atoms with Gasteiger partial charge in [0.1, 0.15) is 53.8 Å². The number of unbranched alkanes of at least 4 members (excludes halogenated alkanes) is 1. The molecule has 1 saturated carbocycles. The monoisotopic (exact) mass is 1330 g/mol. The van der Waals surface area contributed by atoms with Gasteiger partial charge in [-0.25, -0.2) is 13.2 Å². The molecule has 10 amide bonds. The number of carbonyl (C=O) groups is 10. The fourth-order valence-corrected chi connectivity index (χ4v) is 11.9. The first-order chi connectivity index (χ1) is 43.1. The molecule has 528 valence electrons. The highest BCUT2D eigenvalue weighted by atomic mass is 19.4. The minimum atomic E-state index is -5.03. The molecule has 93 heavy (non-hydrogen) atoms. The fraction of sp³-hybridized carbons (Fsp3) is 0.754. The first kappa shape index (κ1) is 80.7. The summed E-state index contributed by atoms with van der Waals surface area (Å²) in [4.78, 5) is 153. The van der Waals surface area contributed by atoms with E-state index in [2.05, 4.69) is 21.3 Å². The number of carbonyl (C=O) groups excluding carboxylic acids is 10. The quantitative estimate of drug-likeness (QED) is 0.107. The molecule has 2 aliphatic rings. The summed E-state index contributed by atoms with van der Waals surface area (Å²) in [7, 11) is 9.42. The molecule has 1 aliphatic carbocycles. The number of hydrogen-bond donors (Lipinski definition) is 5. The first-order valence-electron chi connectivity index (χ1n) is 32.4. The molecule has 0 radical (unpaired) electrons. The fourth-order valence-electron chi connectivity index (χ4n) is 11.9. The molecule has 2 fully saturated rings. The molecule has 28 heteroatoms. The van der Waals surface area contributed by atoms with Crippen LogP contribution in [0.1, 0.15) is 163 Å². The standard InChI is InChI=1S/C65H105F6N11O11/c1-38(2)30-48-58(88)74-56(43-22-18-17-19-23-43)62(92)78(12)36-54(85)76(10)37-55(86)79(13)47(24-20-21-25-51(67)68)61(91)77(11)35-52(83)73-46(29-27-42-26-28-44(45(66)34-42)65(69,70)71)60(90)81(15)50(32-40(5)6)59(89)75-64(8,9)63(93)82(16)49(31-39(3)4)57(87)72-41(7)33-53(84)80(48)14/h26,28,34,38-41,43,46-51,54,56,85H,17-25,27,29-33,35-37H2,1-16H3,(H,72,87)(H,73,83)(H,74,88)(H,75,89)/t41-,46+,47+,48+,49+,50+,54?,56+/m1/s1. The molecule has 1 unspecified atom stereocenters. The van der Waals surface area contributed by atoms with Gasteiger partial charge in [0, 0.05) is 61.2 Å². The highest BCUT2D eigenvalue weighted by molar-refractivity contribution is 5.98. The minimum Gasteiger partial charge on any atom is -0.376 e. The van der Waals surface area contributed by atoms with Crippen LogP contribution in [0.4, 0.5) is 26.3 Å². The van der Waals surface area contributed by atoms with Gasteiger partial charge >= 0.3 is 6.18 Å². The maximum atomic E-state index is 14.9. The van der Waals surface area contributed by atoms with E-state index in [-0.39, 0.29) is 87.1 Å². The van der Waals surface area contributed by atoms with Crippen LogP contribution < -0.4 is 21.3 Å². The van der Waals surface area contributed by atoms with Gasteiger partial charge in [0.05, 0.1) is 25.2 Å². The second-order valence-electron chi connectivity index (χ2n) is 27.4. The Labute approximate surface area is 545 Å². The largest absolute Gasteiger partial charge is 0.419 e. The van der Waals surface area contributed by atoms with E-state index in [0.29, 0.717) is 25.0 Å². The van der Waals surface area contributed by atoms with Crippen molar-refractivity contribution in [2.45, 2.75) is 225 Å². The molecule has 0 spiro atoms. The number of nitrogens with one attached hydrogen (secondary N) is 4. The summed E-state index contributed by atoms with van der Waals surface area (Å²) in [5.74, 6) is -9.83. The van der Waals surface area contributed by atoms with E-state index < -0.39 is 163 Å². The maximum absolute atomic E-state index is 14.9. The van der Waals surface area contributed by atoms with Gasteiger partial charge in [0.15, 0.2) is 0 Å². The zero-order valence-electron chi connectivity index (χ0n) is 57.4. The van der Waals surface area contributed by atoms with Gasteiger partial charge in [0.25, 0.3) is 0 Å². The molecule has 22 nitrogen and oxygen atoms in total. The van der Waals surface area contributed by atoms with Gasteiger partial charge in [-0.2, -0.15) is 13.2 Å². The molecule has 1 heterocycles. The van der Waals surface area contributed by atoms with Crippen LogP contribution in [-0.2, 0) is 60.5 Å². The highest BCUT2D eigenvalue weighted by Gasteiger charge is 2.43. The number of halogens is 6. The number of aryl methyl sites for hydroxylation is 1. The number of β-amino-alcohol motifs (C(OH)–C–C–N with tert-alkyl or cyclic N) is 1. The Kier molecular flexibility index (Phi) is 31.5. The molecule has 1 aliphatic heterocycles. The topological polar surface area (TPSA) is 262 Å². The molecule has 5 N–H and O–H groups in total. The van der Waals surface area contributed by atoms with Gasteiger partial charge in [-0.05, 0) is 127 Å². The maximum Gasteiger partial charge on any atom is 0.419 e. The normalized spacial score (nSPS) is 25.3. The lowest BCUT2D eigenvalue weighted by molar-refractivity contribution is -0.149. The lowest BCUT2D eigenvalue weighted by Crippen LogP contribution is -2.63. The van der Waals surface area contributed by atoms with Crippen LogP contribution >= 0.6 is 0 Å². The number of rotatable bonds is 15. The second kappa shape index (κ2) is 36.3. The molecular formula is C65H105F6N11O11. The van der Waals surface area contributed by atoms with E-state index >= 15 is 0 Å². The predicted octanol–water partition coefficient (Wildman–Crippen LogP) is 5.57. The summed E-state index contributed by atoms with van der Waals surface area (Å²) in [5, 5.41) is 22.7. The Balaban J connectivity index is 2.22. The van der Waals surface area contributed by atoms with Crippen LogP contribution in [-0.4, -0.2) is 228 Å². The van der Waals surface area contributed by atoms with Gasteiger partial charge in [-0.3, -0.25) is 52.8 Å². The smallest absolute Gasteiger partial charge is 0.376 e. The van der Waals surface area contributed by atoms with Crippen molar-refractivity contribution in [3.63, 3.8) is 0 Å². The van der Waals surface area contributed by atoms with E-state index in [1.807, 2.05) is 27.7 Å². The van der Waals surface area contributed by atoms with Crippen molar-refractivity contribution < 1.29 is 79.4 Å². The summed E-state index contributed by atoms with van der Waals surface area (Å²) in [5.41, 5.74) is -3.32. The summed E-state index contributed by atoms with van der Waals surface area (Å²) in [6.45, 7) is 13.6. The Morgan fingerprint density at radius 2 is 1.16 bits per heavy atom. The van der Waals surface area contributed by atoms with E-state index in [9.17, 15) is 79.4 Å². The zero-order valence-corrected chi connectivity index (χ0v) is 57.4. The summed E-state index contributed by atoms with van der Waals surface area (Å²) in [6, 6.07) is -6.36. The summed E-state index contributed by atoms with van der Waals surface area (Å²) < 4.78 is 82.4. The molecular weight excluding hydrogens is 1220 g/mol. The van der Waals surface area contributed by atoms with Crippen molar-refractivity contribution in [3.8, 4) is 0 Å². The van der Waals surface area contributed by atoms with E-state index in [4.69, 9.17) is 0 Å². The van der Waals surface area contributed by atoms with Crippen molar-refractivity contribution in [3.05, 3.63) is 35.1 Å². The number of hydrogen-bond acceptors (Lipinski definition) is 12.